The summed E-state index contributed by atoms with van der Waals surface area (Å²) in [6.45, 7) is 0.358. The molecule has 1 saturated heterocycles. The first-order valence-electron chi connectivity index (χ1n) is 11.8. The van der Waals surface area contributed by atoms with Crippen LogP contribution in [-0.4, -0.2) is 55.4 Å². The summed E-state index contributed by atoms with van der Waals surface area (Å²) in [5.41, 5.74) is 2.54. The Bertz CT molecular complexity index is 1180. The van der Waals surface area contributed by atoms with E-state index in [1.165, 1.54) is 0 Å². The number of ether oxygens (including phenoxy) is 4. The van der Waals surface area contributed by atoms with Gasteiger partial charge in [-0.2, -0.15) is 8.42 Å². The minimum absolute atomic E-state index is 0.0395. The van der Waals surface area contributed by atoms with Gasteiger partial charge in [-0.1, -0.05) is 91.0 Å². The van der Waals surface area contributed by atoms with Crippen LogP contribution < -0.4 is 0 Å². The molecule has 2 N–H and O–H groups in total. The molecule has 0 saturated carbocycles. The lowest BCUT2D eigenvalue weighted by Gasteiger charge is -2.43. The first kappa shape index (κ1) is 27.4. The van der Waals surface area contributed by atoms with Gasteiger partial charge in [0, 0.05) is 0 Å². The summed E-state index contributed by atoms with van der Waals surface area (Å²) >= 11 is 0. The molecule has 3 aromatic rings. The van der Waals surface area contributed by atoms with E-state index in [2.05, 4.69) is 0 Å². The third-order valence-corrected chi connectivity index (χ3v) is 6.27. The highest BCUT2D eigenvalue weighted by molar-refractivity contribution is 7.80. The largest absolute Gasteiger partial charge is 0.397 e. The minimum atomic E-state index is -4.93. The van der Waals surface area contributed by atoms with Crippen LogP contribution in [0.4, 0.5) is 0 Å². The van der Waals surface area contributed by atoms with Crippen molar-refractivity contribution < 1.29 is 41.2 Å². The summed E-state index contributed by atoms with van der Waals surface area (Å²) in [7, 11) is -4.93. The third kappa shape index (κ3) is 8.42. The Balaban J connectivity index is 1.54. The molecule has 9 nitrogen and oxygen atoms in total. The molecule has 1 aliphatic rings. The average Bonchev–Trinajstić information content (AvgIpc) is 2.89. The van der Waals surface area contributed by atoms with E-state index >= 15 is 0 Å². The van der Waals surface area contributed by atoms with Gasteiger partial charge in [0.25, 0.3) is 0 Å². The van der Waals surface area contributed by atoms with Gasteiger partial charge in [-0.3, -0.25) is 4.55 Å². The van der Waals surface area contributed by atoms with Gasteiger partial charge >= 0.3 is 10.4 Å². The molecule has 5 atom stereocenters. The van der Waals surface area contributed by atoms with Gasteiger partial charge in [-0.25, -0.2) is 4.18 Å². The smallest absolute Gasteiger partial charge is 0.374 e. The molecule has 0 radical (unpaired) electrons. The van der Waals surface area contributed by atoms with Crippen LogP contribution in [0.15, 0.2) is 91.0 Å². The Morgan fingerprint density at radius 2 is 1.14 bits per heavy atom. The van der Waals surface area contributed by atoms with Crippen LogP contribution in [0.1, 0.15) is 16.7 Å². The van der Waals surface area contributed by atoms with Gasteiger partial charge in [0.1, 0.15) is 24.4 Å². The molecule has 3 aromatic carbocycles. The summed E-state index contributed by atoms with van der Waals surface area (Å²) in [6, 6.07) is 27.8. The molecule has 0 bridgehead atoms. The van der Waals surface area contributed by atoms with Crippen molar-refractivity contribution in [2.75, 3.05) is 6.61 Å². The maximum Gasteiger partial charge on any atom is 0.397 e. The maximum absolute atomic E-state index is 11.8. The van der Waals surface area contributed by atoms with Crippen molar-refractivity contribution in [3.63, 3.8) is 0 Å². The lowest BCUT2D eigenvalue weighted by atomic mass is 9.98. The molecule has 1 fully saturated rings. The van der Waals surface area contributed by atoms with Crippen LogP contribution in [0.3, 0.4) is 0 Å². The number of rotatable bonds is 12. The highest BCUT2D eigenvalue weighted by Crippen LogP contribution is 2.30. The number of benzene rings is 3. The fourth-order valence-corrected chi connectivity index (χ4v) is 4.56. The molecule has 0 amide bonds. The molecular formula is C27H30O9S. The molecule has 4 rings (SSSR count). The molecule has 0 unspecified atom stereocenters. The van der Waals surface area contributed by atoms with Crippen molar-refractivity contribution in [2.45, 2.75) is 50.5 Å². The van der Waals surface area contributed by atoms with Crippen LogP contribution in [0.2, 0.25) is 0 Å². The molecule has 0 aliphatic carbocycles. The number of aliphatic hydroxyl groups is 1. The molecule has 37 heavy (non-hydrogen) atoms. The van der Waals surface area contributed by atoms with E-state index in [1.807, 2.05) is 91.0 Å². The Labute approximate surface area is 216 Å². The van der Waals surface area contributed by atoms with Gasteiger partial charge < -0.3 is 24.1 Å². The molecule has 198 valence electrons. The van der Waals surface area contributed by atoms with E-state index in [0.717, 1.165) is 16.7 Å². The standard InChI is InChI=1S/C27H30O9S/c28-27-26(34-18-22-14-8-3-9-15-22)25(36-37(29,30)31)24(33-17-21-12-6-2-7-13-21)23(35-27)19-32-16-20-10-4-1-5-11-20/h1-15,23-28H,16-19H2,(H,29,30,31)/t23-,24+,25+,26-,27-/m1/s1. The highest BCUT2D eigenvalue weighted by atomic mass is 32.3. The normalized spacial score (nSPS) is 24.1. The first-order valence-corrected chi connectivity index (χ1v) is 13.2. The van der Waals surface area contributed by atoms with Gasteiger partial charge in [0.05, 0.1) is 26.4 Å². The second-order valence-corrected chi connectivity index (χ2v) is 9.62. The zero-order chi connectivity index (χ0) is 26.1. The zero-order valence-corrected chi connectivity index (χ0v) is 20.9. The molecular weight excluding hydrogens is 500 g/mol. The van der Waals surface area contributed by atoms with Crippen molar-refractivity contribution in [2.24, 2.45) is 0 Å². The summed E-state index contributed by atoms with van der Waals surface area (Å²) in [6.07, 6.45) is -6.27. The van der Waals surface area contributed by atoms with Gasteiger partial charge in [0.2, 0.25) is 0 Å². The second kappa shape index (κ2) is 13.2. The maximum atomic E-state index is 11.8. The summed E-state index contributed by atoms with van der Waals surface area (Å²) in [5.74, 6) is 0. The fraction of sp³-hybridized carbons (Fsp3) is 0.333. The van der Waals surface area contributed by atoms with Crippen molar-refractivity contribution in [1.29, 1.82) is 0 Å². The average molecular weight is 531 g/mol. The van der Waals surface area contributed by atoms with Gasteiger partial charge in [0.15, 0.2) is 6.29 Å². The lowest BCUT2D eigenvalue weighted by Crippen LogP contribution is -2.61. The zero-order valence-electron chi connectivity index (χ0n) is 20.0. The highest BCUT2D eigenvalue weighted by Gasteiger charge is 2.49. The lowest BCUT2D eigenvalue weighted by molar-refractivity contribution is -0.304. The Kier molecular flexibility index (Phi) is 9.78. The number of hydrogen-bond acceptors (Lipinski definition) is 8. The van der Waals surface area contributed by atoms with E-state index in [9.17, 15) is 18.1 Å². The minimum Gasteiger partial charge on any atom is -0.374 e. The van der Waals surface area contributed by atoms with Crippen molar-refractivity contribution in [1.82, 2.24) is 0 Å². The molecule has 1 heterocycles. The Hall–Kier alpha value is -2.67. The molecule has 0 spiro atoms. The number of aliphatic hydroxyl groups excluding tert-OH is 1. The number of hydrogen-bond donors (Lipinski definition) is 2. The summed E-state index contributed by atoms with van der Waals surface area (Å²) in [5, 5.41) is 10.8. The molecule has 0 aromatic heterocycles. The van der Waals surface area contributed by atoms with Crippen molar-refractivity contribution >= 4 is 10.4 Å². The topological polar surface area (TPSA) is 121 Å². The van der Waals surface area contributed by atoms with Crippen LogP contribution in [0.25, 0.3) is 0 Å². The van der Waals surface area contributed by atoms with E-state index in [4.69, 9.17) is 23.1 Å². The summed E-state index contributed by atoms with van der Waals surface area (Å²) in [4.78, 5) is 0. The predicted octanol–water partition coefficient (Wildman–Crippen LogP) is 3.28. The van der Waals surface area contributed by atoms with E-state index in [0.29, 0.717) is 0 Å². The van der Waals surface area contributed by atoms with E-state index in [1.54, 1.807) is 0 Å². The first-order chi connectivity index (χ1) is 17.9. The van der Waals surface area contributed by atoms with Crippen LogP contribution in [0.5, 0.6) is 0 Å². The second-order valence-electron chi connectivity index (χ2n) is 8.58. The quantitative estimate of drug-likeness (QED) is 0.340. The summed E-state index contributed by atoms with van der Waals surface area (Å²) < 4.78 is 61.8. The third-order valence-electron chi connectivity index (χ3n) is 5.81. The SMILES string of the molecule is O=S(=O)(O)O[C@@H]1[C@@H](OCc2ccccc2)[C@H](O)O[C@H](COCc2ccccc2)[C@@H]1OCc1ccccc1. The van der Waals surface area contributed by atoms with Crippen molar-refractivity contribution in [3.8, 4) is 0 Å². The molecule has 10 heteroatoms. The van der Waals surface area contributed by atoms with Gasteiger partial charge in [-0.15, -0.1) is 0 Å². The fourth-order valence-electron chi connectivity index (χ4n) is 4.06. The van der Waals surface area contributed by atoms with E-state index in [-0.39, 0.29) is 26.4 Å². The van der Waals surface area contributed by atoms with Gasteiger partial charge in [-0.05, 0) is 16.7 Å². The van der Waals surface area contributed by atoms with Crippen LogP contribution >= 0.6 is 0 Å². The monoisotopic (exact) mass is 530 g/mol. The van der Waals surface area contributed by atoms with Crippen molar-refractivity contribution in [3.05, 3.63) is 108 Å². The van der Waals surface area contributed by atoms with E-state index < -0.39 is 41.1 Å². The predicted molar refractivity (Wildman–Crippen MR) is 133 cm³/mol. The molecule has 1 aliphatic heterocycles. The Morgan fingerprint density at radius 1 is 0.676 bits per heavy atom. The Morgan fingerprint density at radius 3 is 1.62 bits per heavy atom. The van der Waals surface area contributed by atoms with Crippen LogP contribution in [0, 0.1) is 0 Å². The van der Waals surface area contributed by atoms with Crippen LogP contribution in [-0.2, 0) is 53.4 Å².